The Kier molecular flexibility index (Phi) is 4.64. The summed E-state index contributed by atoms with van der Waals surface area (Å²) in [5.74, 6) is -0.522. The number of benzene rings is 2. The second-order valence-electron chi connectivity index (χ2n) is 6.14. The Morgan fingerprint density at radius 1 is 1.07 bits per heavy atom. The lowest BCUT2D eigenvalue weighted by Crippen LogP contribution is -2.18. The second-order valence-corrected chi connectivity index (χ2v) is 6.98. The first-order valence-electron chi connectivity index (χ1n) is 8.39. The average molecular weight is 401 g/mol. The monoisotopic (exact) mass is 401 g/mol. The van der Waals surface area contributed by atoms with Gasteiger partial charge < -0.3 is 5.32 Å². The molecule has 0 aliphatic carbocycles. The molecule has 4 aromatic rings. The molecule has 8 heteroatoms. The molecule has 4 rings (SSSR count). The van der Waals surface area contributed by atoms with Crippen molar-refractivity contribution in [2.24, 2.45) is 0 Å². The topological polar surface area (TPSA) is 46.4 Å². The molecular formula is C20H14F3N3OS. The lowest BCUT2D eigenvalue weighted by molar-refractivity contribution is -0.137. The van der Waals surface area contributed by atoms with E-state index in [9.17, 15) is 18.0 Å². The maximum Gasteiger partial charge on any atom is 0.418 e. The molecule has 0 spiro atoms. The van der Waals surface area contributed by atoms with Gasteiger partial charge in [0.15, 0.2) is 4.96 Å². The largest absolute Gasteiger partial charge is 0.418 e. The molecule has 142 valence electrons. The van der Waals surface area contributed by atoms with Crippen molar-refractivity contribution in [1.82, 2.24) is 9.38 Å². The van der Waals surface area contributed by atoms with Gasteiger partial charge in [0, 0.05) is 22.8 Å². The normalized spacial score (nSPS) is 11.7. The molecule has 0 atom stereocenters. The molecule has 0 saturated carbocycles. The number of para-hydroxylation sites is 1. The molecule has 0 saturated heterocycles. The molecule has 1 amide bonds. The van der Waals surface area contributed by atoms with E-state index in [4.69, 9.17) is 0 Å². The number of carbonyl (C=O) groups excluding carboxylic acids is 1. The molecule has 4 nitrogen and oxygen atoms in total. The van der Waals surface area contributed by atoms with Crippen molar-refractivity contribution >= 4 is 27.9 Å². The van der Waals surface area contributed by atoms with Crippen LogP contribution < -0.4 is 5.32 Å². The number of imidazole rings is 1. The van der Waals surface area contributed by atoms with Gasteiger partial charge in [0.1, 0.15) is 0 Å². The summed E-state index contributed by atoms with van der Waals surface area (Å²) in [6, 6.07) is 14.5. The van der Waals surface area contributed by atoms with Gasteiger partial charge in [0.25, 0.3) is 0 Å². The van der Waals surface area contributed by atoms with E-state index in [2.05, 4.69) is 10.3 Å². The van der Waals surface area contributed by atoms with Crippen LogP contribution in [0.3, 0.4) is 0 Å². The number of nitrogens with one attached hydrogen (secondary N) is 1. The van der Waals surface area contributed by atoms with E-state index in [0.29, 0.717) is 5.69 Å². The highest BCUT2D eigenvalue weighted by Gasteiger charge is 2.33. The lowest BCUT2D eigenvalue weighted by atomic mass is 10.1. The molecule has 0 radical (unpaired) electrons. The van der Waals surface area contributed by atoms with E-state index in [1.165, 1.54) is 29.5 Å². The Labute approximate surface area is 162 Å². The summed E-state index contributed by atoms with van der Waals surface area (Å²) in [5, 5.41) is 4.15. The number of halogens is 3. The summed E-state index contributed by atoms with van der Waals surface area (Å²) in [7, 11) is 0. The van der Waals surface area contributed by atoms with E-state index in [1.54, 1.807) is 9.78 Å². The Balaban J connectivity index is 1.56. The third kappa shape index (κ3) is 3.63. The minimum Gasteiger partial charge on any atom is -0.325 e. The number of carbonyl (C=O) groups is 1. The number of hydrogen-bond donors (Lipinski definition) is 1. The number of nitrogens with zero attached hydrogens (tertiary/aromatic N) is 2. The van der Waals surface area contributed by atoms with Gasteiger partial charge in [0.05, 0.1) is 23.4 Å². The summed E-state index contributed by atoms with van der Waals surface area (Å²) in [5.41, 5.74) is 1.27. The highest BCUT2D eigenvalue weighted by Crippen LogP contribution is 2.34. The summed E-state index contributed by atoms with van der Waals surface area (Å²) in [6.07, 6.45) is -2.77. The third-order valence-corrected chi connectivity index (χ3v) is 5.09. The predicted octanol–water partition coefficient (Wildman–Crippen LogP) is 5.26. The van der Waals surface area contributed by atoms with Gasteiger partial charge >= 0.3 is 6.18 Å². The van der Waals surface area contributed by atoms with Crippen molar-refractivity contribution in [3.63, 3.8) is 0 Å². The van der Waals surface area contributed by atoms with Crippen LogP contribution in [0, 0.1) is 0 Å². The zero-order valence-electron chi connectivity index (χ0n) is 14.4. The van der Waals surface area contributed by atoms with E-state index in [1.807, 2.05) is 36.5 Å². The van der Waals surface area contributed by atoms with Crippen molar-refractivity contribution in [2.75, 3.05) is 5.32 Å². The summed E-state index contributed by atoms with van der Waals surface area (Å²) < 4.78 is 41.1. The molecule has 28 heavy (non-hydrogen) atoms. The molecule has 0 aliphatic rings. The Morgan fingerprint density at radius 3 is 2.54 bits per heavy atom. The summed E-state index contributed by atoms with van der Waals surface area (Å²) in [4.78, 5) is 17.6. The third-order valence-electron chi connectivity index (χ3n) is 4.20. The van der Waals surface area contributed by atoms with Crippen LogP contribution in [-0.2, 0) is 17.4 Å². The second kappa shape index (κ2) is 7.12. The number of fused-ring (bicyclic) bond motifs is 1. The van der Waals surface area contributed by atoms with Gasteiger partial charge in [-0.1, -0.05) is 42.5 Å². The quantitative estimate of drug-likeness (QED) is 0.507. The van der Waals surface area contributed by atoms with E-state index in [0.717, 1.165) is 22.3 Å². The molecule has 1 N–H and O–H groups in total. The molecule has 0 unspecified atom stereocenters. The first-order valence-corrected chi connectivity index (χ1v) is 9.27. The number of thiazole rings is 1. The number of aromatic nitrogens is 2. The van der Waals surface area contributed by atoms with Crippen LogP contribution in [0.5, 0.6) is 0 Å². The molecule has 2 heterocycles. The van der Waals surface area contributed by atoms with Crippen molar-refractivity contribution in [3.05, 3.63) is 77.4 Å². The van der Waals surface area contributed by atoms with Crippen molar-refractivity contribution < 1.29 is 18.0 Å². The molecule has 0 aliphatic heterocycles. The number of hydrogen-bond acceptors (Lipinski definition) is 3. The molecule has 0 fully saturated rings. The first-order chi connectivity index (χ1) is 13.4. The molecule has 0 bridgehead atoms. The Bertz CT molecular complexity index is 1130. The Morgan fingerprint density at radius 2 is 1.79 bits per heavy atom. The maximum absolute atomic E-state index is 13.1. The van der Waals surface area contributed by atoms with Crippen LogP contribution in [0.25, 0.3) is 16.2 Å². The van der Waals surface area contributed by atoms with Gasteiger partial charge in [-0.2, -0.15) is 13.2 Å². The highest BCUT2D eigenvalue weighted by molar-refractivity contribution is 7.15. The van der Waals surface area contributed by atoms with E-state index >= 15 is 0 Å². The Hall–Kier alpha value is -3.13. The van der Waals surface area contributed by atoms with Gasteiger partial charge in [-0.3, -0.25) is 9.20 Å². The van der Waals surface area contributed by atoms with Crippen LogP contribution in [0.15, 0.2) is 66.2 Å². The SMILES string of the molecule is O=C(Cc1csc2nc(-c3ccccc3)cn12)Nc1ccccc1C(F)(F)F. The maximum atomic E-state index is 13.1. The summed E-state index contributed by atoms with van der Waals surface area (Å²) in [6.45, 7) is 0. The minimum atomic E-state index is -4.53. The summed E-state index contributed by atoms with van der Waals surface area (Å²) >= 11 is 1.38. The number of alkyl halides is 3. The fraction of sp³-hybridized carbons (Fsp3) is 0.100. The van der Waals surface area contributed by atoms with Crippen LogP contribution in [0.1, 0.15) is 11.3 Å². The van der Waals surface area contributed by atoms with Gasteiger partial charge in [0.2, 0.25) is 5.91 Å². The fourth-order valence-electron chi connectivity index (χ4n) is 2.90. The fourth-order valence-corrected chi connectivity index (χ4v) is 3.78. The average Bonchev–Trinajstić information content (AvgIpc) is 3.24. The smallest absolute Gasteiger partial charge is 0.325 e. The molecule has 2 aromatic carbocycles. The predicted molar refractivity (Wildman–Crippen MR) is 102 cm³/mol. The number of amides is 1. The van der Waals surface area contributed by atoms with E-state index < -0.39 is 17.6 Å². The van der Waals surface area contributed by atoms with Gasteiger partial charge in [-0.25, -0.2) is 4.98 Å². The molecule has 2 aromatic heterocycles. The van der Waals surface area contributed by atoms with Gasteiger partial charge in [-0.15, -0.1) is 11.3 Å². The molecular weight excluding hydrogens is 387 g/mol. The standard InChI is InChI=1S/C20H14F3N3OS/c21-20(22,23)15-8-4-5-9-16(15)24-18(27)10-14-12-28-19-25-17(11-26(14)19)13-6-2-1-3-7-13/h1-9,11-12H,10H2,(H,24,27). The van der Waals surface area contributed by atoms with Crippen LogP contribution in [0.4, 0.5) is 18.9 Å². The highest BCUT2D eigenvalue weighted by atomic mass is 32.1. The number of anilines is 1. The number of rotatable bonds is 4. The zero-order valence-corrected chi connectivity index (χ0v) is 15.2. The lowest BCUT2D eigenvalue weighted by Gasteiger charge is -2.13. The van der Waals surface area contributed by atoms with Crippen molar-refractivity contribution in [3.8, 4) is 11.3 Å². The van der Waals surface area contributed by atoms with Crippen molar-refractivity contribution in [2.45, 2.75) is 12.6 Å². The minimum absolute atomic E-state index is 0.0587. The van der Waals surface area contributed by atoms with Crippen LogP contribution >= 0.6 is 11.3 Å². The van der Waals surface area contributed by atoms with Gasteiger partial charge in [-0.05, 0) is 12.1 Å². The first kappa shape index (κ1) is 18.2. The van der Waals surface area contributed by atoms with Crippen molar-refractivity contribution in [1.29, 1.82) is 0 Å². The van der Waals surface area contributed by atoms with Crippen LogP contribution in [0.2, 0.25) is 0 Å². The zero-order chi connectivity index (χ0) is 19.7. The van der Waals surface area contributed by atoms with E-state index in [-0.39, 0.29) is 12.1 Å². The van der Waals surface area contributed by atoms with Crippen LogP contribution in [-0.4, -0.2) is 15.3 Å².